The summed E-state index contributed by atoms with van der Waals surface area (Å²) in [5.74, 6) is 2.48. The minimum absolute atomic E-state index is 0.187. The number of halogens is 1. The number of aromatic nitrogens is 3. The molecule has 0 aliphatic heterocycles. The summed E-state index contributed by atoms with van der Waals surface area (Å²) in [4.78, 5) is 0. The van der Waals surface area contributed by atoms with Gasteiger partial charge >= 0.3 is 0 Å². The number of benzene rings is 2. The van der Waals surface area contributed by atoms with E-state index in [1.807, 2.05) is 48.9 Å². The molecule has 136 valence electrons. The van der Waals surface area contributed by atoms with Crippen LogP contribution in [0.15, 0.2) is 47.6 Å². The van der Waals surface area contributed by atoms with Gasteiger partial charge in [0.15, 0.2) is 17.1 Å². The lowest BCUT2D eigenvalue weighted by molar-refractivity contribution is 0.210. The Kier molecular flexibility index (Phi) is 5.89. The van der Waals surface area contributed by atoms with E-state index in [0.717, 1.165) is 38.6 Å². The molecule has 1 unspecified atom stereocenters. The molecule has 0 fully saturated rings. The highest BCUT2D eigenvalue weighted by Crippen LogP contribution is 2.28. The van der Waals surface area contributed by atoms with Gasteiger partial charge in [-0.3, -0.25) is 0 Å². The summed E-state index contributed by atoms with van der Waals surface area (Å²) in [6, 6.07) is 13.9. The zero-order chi connectivity index (χ0) is 18.7. The molecule has 2 aromatic carbocycles. The standard InChI is InChI=1S/C20H22ClN3OS/c1-13-7-5-10-18(14(13)2)25-15(3)19-22-23-20(24(19)4)26-12-16-8-6-9-17(21)11-16/h5-11,15H,12H2,1-4H3. The van der Waals surface area contributed by atoms with E-state index in [1.54, 1.807) is 11.8 Å². The monoisotopic (exact) mass is 387 g/mol. The first-order valence-electron chi connectivity index (χ1n) is 8.45. The molecule has 0 saturated heterocycles. The molecule has 0 saturated carbocycles. The molecule has 0 radical (unpaired) electrons. The summed E-state index contributed by atoms with van der Waals surface area (Å²) < 4.78 is 8.13. The van der Waals surface area contributed by atoms with Crippen LogP contribution in [0.1, 0.15) is 35.5 Å². The molecule has 0 N–H and O–H groups in total. The second-order valence-corrected chi connectivity index (χ2v) is 7.66. The lowest BCUT2D eigenvalue weighted by atomic mass is 10.1. The second kappa shape index (κ2) is 8.14. The van der Waals surface area contributed by atoms with Crippen molar-refractivity contribution in [2.75, 3.05) is 0 Å². The number of hydrogen-bond donors (Lipinski definition) is 0. The van der Waals surface area contributed by atoms with Gasteiger partial charge in [0.05, 0.1) is 0 Å². The Bertz CT molecular complexity index is 910. The van der Waals surface area contributed by atoms with Gasteiger partial charge in [0, 0.05) is 17.8 Å². The fraction of sp³-hybridized carbons (Fsp3) is 0.300. The predicted octanol–water partition coefficient (Wildman–Crippen LogP) is 5.52. The van der Waals surface area contributed by atoms with Crippen LogP contribution in [0.25, 0.3) is 0 Å². The maximum Gasteiger partial charge on any atom is 0.191 e. The largest absolute Gasteiger partial charge is 0.482 e. The maximum atomic E-state index is 6.13. The molecule has 1 heterocycles. The van der Waals surface area contributed by atoms with Crippen molar-refractivity contribution in [2.45, 2.75) is 37.8 Å². The molecule has 4 nitrogen and oxygen atoms in total. The van der Waals surface area contributed by atoms with Crippen molar-refractivity contribution in [3.8, 4) is 5.75 Å². The molecular formula is C20H22ClN3OS. The van der Waals surface area contributed by atoms with Gasteiger partial charge in [-0.1, -0.05) is 47.6 Å². The molecule has 0 amide bonds. The van der Waals surface area contributed by atoms with Gasteiger partial charge in [-0.25, -0.2) is 0 Å². The number of nitrogens with zero attached hydrogens (tertiary/aromatic N) is 3. The van der Waals surface area contributed by atoms with E-state index < -0.39 is 0 Å². The van der Waals surface area contributed by atoms with Crippen LogP contribution in [0.5, 0.6) is 5.75 Å². The van der Waals surface area contributed by atoms with E-state index in [2.05, 4.69) is 36.2 Å². The third kappa shape index (κ3) is 4.22. The molecule has 0 bridgehead atoms. The van der Waals surface area contributed by atoms with Crippen molar-refractivity contribution in [3.63, 3.8) is 0 Å². The van der Waals surface area contributed by atoms with Crippen molar-refractivity contribution < 1.29 is 4.74 Å². The van der Waals surface area contributed by atoms with Crippen LogP contribution >= 0.6 is 23.4 Å². The highest BCUT2D eigenvalue weighted by Gasteiger charge is 2.18. The summed E-state index contributed by atoms with van der Waals surface area (Å²) in [7, 11) is 1.97. The van der Waals surface area contributed by atoms with Gasteiger partial charge in [0.1, 0.15) is 5.75 Å². The van der Waals surface area contributed by atoms with E-state index in [9.17, 15) is 0 Å². The first-order valence-corrected chi connectivity index (χ1v) is 9.81. The summed E-state index contributed by atoms with van der Waals surface area (Å²) in [6.07, 6.45) is -0.187. The van der Waals surface area contributed by atoms with E-state index in [-0.39, 0.29) is 6.10 Å². The Hall–Kier alpha value is -1.98. The first-order chi connectivity index (χ1) is 12.5. The quantitative estimate of drug-likeness (QED) is 0.522. The van der Waals surface area contributed by atoms with Gasteiger partial charge in [-0.15, -0.1) is 10.2 Å². The van der Waals surface area contributed by atoms with Crippen molar-refractivity contribution in [3.05, 3.63) is 70.0 Å². The first kappa shape index (κ1) is 18.8. The minimum Gasteiger partial charge on any atom is -0.482 e. The summed E-state index contributed by atoms with van der Waals surface area (Å²) >= 11 is 7.68. The fourth-order valence-electron chi connectivity index (χ4n) is 2.68. The predicted molar refractivity (Wildman–Crippen MR) is 107 cm³/mol. The van der Waals surface area contributed by atoms with E-state index in [4.69, 9.17) is 16.3 Å². The maximum absolute atomic E-state index is 6.13. The fourth-order valence-corrected chi connectivity index (χ4v) is 3.75. The van der Waals surface area contributed by atoms with Crippen LogP contribution < -0.4 is 4.74 Å². The van der Waals surface area contributed by atoms with Gasteiger partial charge in [0.2, 0.25) is 0 Å². The van der Waals surface area contributed by atoms with Crippen LogP contribution in [-0.2, 0) is 12.8 Å². The normalized spacial score (nSPS) is 12.2. The molecule has 3 rings (SSSR count). The van der Waals surface area contributed by atoms with Crippen LogP contribution in [0.4, 0.5) is 0 Å². The molecule has 6 heteroatoms. The smallest absolute Gasteiger partial charge is 0.191 e. The Morgan fingerprint density at radius 2 is 1.92 bits per heavy atom. The highest BCUT2D eigenvalue weighted by atomic mass is 35.5. The van der Waals surface area contributed by atoms with Crippen LogP contribution in [0.2, 0.25) is 5.02 Å². The van der Waals surface area contributed by atoms with Crippen LogP contribution in [-0.4, -0.2) is 14.8 Å². The van der Waals surface area contributed by atoms with Crippen molar-refractivity contribution in [1.29, 1.82) is 0 Å². The number of thioether (sulfide) groups is 1. The van der Waals surface area contributed by atoms with Gasteiger partial charge < -0.3 is 9.30 Å². The van der Waals surface area contributed by atoms with Gasteiger partial charge in [-0.2, -0.15) is 0 Å². The highest BCUT2D eigenvalue weighted by molar-refractivity contribution is 7.98. The number of aryl methyl sites for hydroxylation is 1. The Labute approximate surface area is 163 Å². The van der Waals surface area contributed by atoms with Crippen molar-refractivity contribution in [1.82, 2.24) is 14.8 Å². The third-order valence-corrected chi connectivity index (χ3v) is 5.67. The zero-order valence-electron chi connectivity index (χ0n) is 15.4. The summed E-state index contributed by atoms with van der Waals surface area (Å²) in [6.45, 7) is 6.15. The van der Waals surface area contributed by atoms with E-state index >= 15 is 0 Å². The molecule has 0 spiro atoms. The van der Waals surface area contributed by atoms with Crippen LogP contribution in [0.3, 0.4) is 0 Å². The Balaban J connectivity index is 1.70. The lowest BCUT2D eigenvalue weighted by Gasteiger charge is -2.17. The number of ether oxygens (including phenoxy) is 1. The molecular weight excluding hydrogens is 366 g/mol. The third-order valence-electron chi connectivity index (χ3n) is 4.35. The lowest BCUT2D eigenvalue weighted by Crippen LogP contribution is -2.10. The summed E-state index contributed by atoms with van der Waals surface area (Å²) in [5, 5.41) is 10.3. The van der Waals surface area contributed by atoms with E-state index in [1.165, 1.54) is 5.56 Å². The zero-order valence-corrected chi connectivity index (χ0v) is 16.9. The average Bonchev–Trinajstić information content (AvgIpc) is 2.98. The van der Waals surface area contributed by atoms with Crippen LogP contribution in [0, 0.1) is 13.8 Å². The molecule has 26 heavy (non-hydrogen) atoms. The molecule has 0 aliphatic rings. The number of hydrogen-bond acceptors (Lipinski definition) is 4. The average molecular weight is 388 g/mol. The molecule has 1 aromatic heterocycles. The second-order valence-electron chi connectivity index (χ2n) is 6.28. The topological polar surface area (TPSA) is 39.9 Å². The Morgan fingerprint density at radius 3 is 2.69 bits per heavy atom. The summed E-state index contributed by atoms with van der Waals surface area (Å²) in [5.41, 5.74) is 3.52. The van der Waals surface area contributed by atoms with Crippen molar-refractivity contribution >= 4 is 23.4 Å². The minimum atomic E-state index is -0.187. The molecule has 1 atom stereocenters. The van der Waals surface area contributed by atoms with Gasteiger partial charge in [-0.05, 0) is 55.7 Å². The SMILES string of the molecule is Cc1cccc(OC(C)c2nnc(SCc3cccc(Cl)c3)n2C)c1C. The van der Waals surface area contributed by atoms with Crippen molar-refractivity contribution in [2.24, 2.45) is 7.05 Å². The molecule has 0 aliphatic carbocycles. The number of rotatable bonds is 6. The van der Waals surface area contributed by atoms with Gasteiger partial charge in [0.25, 0.3) is 0 Å². The van der Waals surface area contributed by atoms with E-state index in [0.29, 0.717) is 0 Å². The molecule has 3 aromatic rings. The Morgan fingerprint density at radius 1 is 1.15 bits per heavy atom.